The lowest BCUT2D eigenvalue weighted by molar-refractivity contribution is -0.144. The van der Waals surface area contributed by atoms with E-state index in [1.54, 1.807) is 39.4 Å². The summed E-state index contributed by atoms with van der Waals surface area (Å²) in [6.45, 7) is 32.5. The Hall–Kier alpha value is -7.60. The van der Waals surface area contributed by atoms with Gasteiger partial charge in [0.15, 0.2) is 16.9 Å². The molecule has 0 aliphatic rings. The second kappa shape index (κ2) is 30.5. The quantitative estimate of drug-likeness (QED) is 0.0757. The molecule has 3 aromatic carbocycles. The molecule has 0 saturated heterocycles. The van der Waals surface area contributed by atoms with E-state index >= 15 is 0 Å². The van der Waals surface area contributed by atoms with Crippen LogP contribution in [0.4, 0.5) is 4.79 Å². The number of halogens is 2. The zero-order valence-electron chi connectivity index (χ0n) is 54.7. The minimum atomic E-state index is -0.723. The summed E-state index contributed by atoms with van der Waals surface area (Å²) in [6.07, 6.45) is 1.97. The number of esters is 1. The zero-order chi connectivity index (χ0) is 64.3. The molecule has 0 radical (unpaired) electrons. The number of pyridine rings is 3. The number of hydrogen-bond acceptors (Lipinski definition) is 11. The molecule has 2 N–H and O–H groups in total. The van der Waals surface area contributed by atoms with Gasteiger partial charge in [0, 0.05) is 82.0 Å². The third-order valence-electron chi connectivity index (χ3n) is 13.9. The molecule has 9 rings (SSSR count). The first-order valence-corrected chi connectivity index (χ1v) is 30.3. The molecule has 6 aromatic heterocycles. The fourth-order valence-corrected chi connectivity index (χ4v) is 9.75. The number of nitrogens with two attached hydrogens (primary N) is 1. The van der Waals surface area contributed by atoms with Crippen molar-refractivity contribution in [2.24, 2.45) is 55.0 Å². The van der Waals surface area contributed by atoms with E-state index < -0.39 is 5.43 Å². The van der Waals surface area contributed by atoms with Crippen molar-refractivity contribution in [2.75, 3.05) is 13.2 Å². The number of carbonyl (C=O) groups is 2. The third-order valence-corrected chi connectivity index (χ3v) is 14.0. The predicted molar refractivity (Wildman–Crippen MR) is 360 cm³/mol. The molecule has 19 heteroatoms. The molecule has 0 unspecified atom stereocenters. The van der Waals surface area contributed by atoms with E-state index in [0.717, 1.165) is 73.5 Å². The lowest BCUT2D eigenvalue weighted by Gasteiger charge is -2.18. The Balaban J connectivity index is 0.000000227. The van der Waals surface area contributed by atoms with E-state index in [-0.39, 0.29) is 51.7 Å². The molecule has 0 aliphatic carbocycles. The summed E-state index contributed by atoms with van der Waals surface area (Å²) in [7, 11) is 5.33. The molecule has 0 atom stereocenters. The zero-order valence-corrected chi connectivity index (χ0v) is 56.2. The number of aryl methyl sites for hydroxylation is 5. The van der Waals surface area contributed by atoms with Crippen molar-refractivity contribution < 1.29 is 19.1 Å². The van der Waals surface area contributed by atoms with Crippen molar-refractivity contribution in [1.82, 2.24) is 42.4 Å². The van der Waals surface area contributed by atoms with Gasteiger partial charge in [-0.05, 0) is 112 Å². The Labute approximate surface area is 529 Å². The number of rotatable bonds is 15. The van der Waals surface area contributed by atoms with Crippen molar-refractivity contribution in [3.05, 3.63) is 157 Å². The fourth-order valence-electron chi connectivity index (χ4n) is 9.69. The van der Waals surface area contributed by atoms with Crippen LogP contribution in [0.15, 0.2) is 124 Å². The van der Waals surface area contributed by atoms with Gasteiger partial charge in [-0.3, -0.25) is 32.2 Å². The van der Waals surface area contributed by atoms with Crippen LogP contribution in [0.5, 0.6) is 0 Å². The van der Waals surface area contributed by atoms with Gasteiger partial charge in [-0.15, -0.1) is 12.4 Å². The van der Waals surface area contributed by atoms with Gasteiger partial charge in [0.05, 0.1) is 46.8 Å². The Morgan fingerprint density at radius 3 is 1.16 bits per heavy atom. The summed E-state index contributed by atoms with van der Waals surface area (Å²) in [5, 5.41) is 0. The van der Waals surface area contributed by atoms with E-state index in [0.29, 0.717) is 75.4 Å². The number of imidazole rings is 3. The summed E-state index contributed by atoms with van der Waals surface area (Å²) < 4.78 is 20.0. The maximum absolute atomic E-state index is 12.8. The summed E-state index contributed by atoms with van der Waals surface area (Å²) >= 11 is 4.86. The number of carbonyl (C=O) groups excluding carboxylic acids is 2. The minimum Gasteiger partial charge on any atom is -0.465 e. The second-order valence-electron chi connectivity index (χ2n) is 26.8. The molecule has 9 aromatic rings. The standard InChI is InChI=1S/C25H33N3O3.C20H25N3O.C19H24N4O.C5H9ClO2.ClH/c1-17(2)15-31-22(29)13-10-18-8-7-9-19(14-18)20-11-12-21-23(26-20)27(6)24(30)28(21)16-25(3,4)5;1-6-14-8-7-9-15(12-14)16-10-11-17-18(21-16)22(5)19(24)23(17)13-20(2,3)4;1-19(2,3)12-23-16-9-8-15(21-17(16)22(4)18(23)24)14-7-5-6-13(10-14)11-20;1-4(2)3-8-5(6)7;/h7-9,11-12,14,17H,10,13,15-16H2,1-6H3;7-12H,6,13H2,1-5H3;5-10H,11-12,20H2,1-4H3;4H,3H2,1-2H3;1H. The van der Waals surface area contributed by atoms with Crippen LogP contribution in [0.3, 0.4) is 0 Å². The number of ether oxygens (including phenoxy) is 2. The largest absolute Gasteiger partial charge is 0.465 e. The van der Waals surface area contributed by atoms with Crippen molar-refractivity contribution >= 4 is 68.9 Å². The second-order valence-corrected chi connectivity index (χ2v) is 27.1. The van der Waals surface area contributed by atoms with Crippen LogP contribution in [0.2, 0.25) is 0 Å². The molecular weight excluding hydrogens is 1150 g/mol. The Bertz CT molecular complexity index is 3870. The van der Waals surface area contributed by atoms with Gasteiger partial charge in [-0.1, -0.05) is 152 Å². The number of benzene rings is 3. The van der Waals surface area contributed by atoms with E-state index in [9.17, 15) is 24.0 Å². The predicted octanol–water partition coefficient (Wildman–Crippen LogP) is 13.9. The molecule has 0 saturated carbocycles. The van der Waals surface area contributed by atoms with Gasteiger partial charge >= 0.3 is 28.5 Å². The molecule has 88 heavy (non-hydrogen) atoms. The number of aromatic nitrogens is 9. The first-order valence-electron chi connectivity index (χ1n) is 29.9. The van der Waals surface area contributed by atoms with Gasteiger partial charge < -0.3 is 15.2 Å². The molecule has 0 spiro atoms. The highest BCUT2D eigenvalue weighted by molar-refractivity contribution is 6.61. The Morgan fingerprint density at radius 1 is 0.511 bits per heavy atom. The molecule has 6 heterocycles. The molecule has 0 bridgehead atoms. The molecule has 0 fully saturated rings. The highest BCUT2D eigenvalue weighted by Gasteiger charge is 2.22. The van der Waals surface area contributed by atoms with Crippen LogP contribution < -0.4 is 22.8 Å². The molecular formula is C69H92Cl2N10O7. The summed E-state index contributed by atoms with van der Waals surface area (Å²) in [4.78, 5) is 74.1. The average molecular weight is 1240 g/mol. The first-order chi connectivity index (χ1) is 40.8. The van der Waals surface area contributed by atoms with Crippen LogP contribution in [-0.2, 0) is 74.4 Å². The van der Waals surface area contributed by atoms with Crippen LogP contribution in [-0.4, -0.2) is 67.0 Å². The first kappa shape index (κ1) is 71.2. The van der Waals surface area contributed by atoms with Gasteiger partial charge in [0.1, 0.15) is 0 Å². The highest BCUT2D eigenvalue weighted by atomic mass is 35.5. The van der Waals surface area contributed by atoms with Crippen LogP contribution in [0.1, 0.15) is 120 Å². The van der Waals surface area contributed by atoms with Gasteiger partial charge in [0.25, 0.3) is 0 Å². The summed E-state index contributed by atoms with van der Waals surface area (Å²) in [6, 6.07) is 36.4. The normalized spacial score (nSPS) is 11.6. The fraction of sp³-hybridized carbons (Fsp3) is 0.449. The SMILES string of the molecule is CC(C)COC(=O)CCc1cccc(-c2ccc3c(n2)n(C)c(=O)n3CC(C)(C)C)c1.CC(C)COC(=O)Cl.CCc1cccc(-c2ccc3c(n2)n(C)c(=O)n3CC(C)(C)C)c1.Cl.Cn1c(=O)n(CC(C)(C)C)c2ccc(-c3cccc(CN)c3)nc21. The molecule has 0 aliphatic heterocycles. The monoisotopic (exact) mass is 1240 g/mol. The van der Waals surface area contributed by atoms with Crippen LogP contribution in [0, 0.1) is 28.1 Å². The van der Waals surface area contributed by atoms with Crippen molar-refractivity contribution in [1.29, 1.82) is 0 Å². The molecule has 474 valence electrons. The topological polar surface area (TPSA) is 198 Å². The molecule has 17 nitrogen and oxygen atoms in total. The van der Waals surface area contributed by atoms with Crippen molar-refractivity contribution in [3.8, 4) is 33.8 Å². The van der Waals surface area contributed by atoms with Gasteiger partial charge in [-0.2, -0.15) is 0 Å². The Kier molecular flexibility index (Phi) is 24.7. The maximum Gasteiger partial charge on any atom is 0.403 e. The smallest absolute Gasteiger partial charge is 0.403 e. The van der Waals surface area contributed by atoms with E-state index in [4.69, 9.17) is 37.0 Å². The summed E-state index contributed by atoms with van der Waals surface area (Å²) in [5.74, 6) is 0.522. The lowest BCUT2D eigenvalue weighted by Crippen LogP contribution is -2.27. The minimum absolute atomic E-state index is 0. The number of fused-ring (bicyclic) bond motifs is 3. The molecule has 0 amide bonds. The lowest BCUT2D eigenvalue weighted by atomic mass is 9.97. The maximum atomic E-state index is 12.8. The number of hydrogen-bond donors (Lipinski definition) is 1. The van der Waals surface area contributed by atoms with Crippen LogP contribution >= 0.6 is 24.0 Å². The van der Waals surface area contributed by atoms with E-state index in [2.05, 4.69) is 98.2 Å². The van der Waals surface area contributed by atoms with Crippen molar-refractivity contribution in [3.63, 3.8) is 0 Å². The van der Waals surface area contributed by atoms with Gasteiger partial charge in [-0.25, -0.2) is 34.1 Å². The van der Waals surface area contributed by atoms with Crippen LogP contribution in [0.25, 0.3) is 67.3 Å². The van der Waals surface area contributed by atoms with E-state index in [1.807, 2.05) is 122 Å². The third kappa shape index (κ3) is 19.4. The summed E-state index contributed by atoms with van der Waals surface area (Å²) in [5.41, 5.74) is 18.7. The number of nitrogens with zero attached hydrogens (tertiary/aromatic N) is 9. The van der Waals surface area contributed by atoms with Crippen molar-refractivity contribution in [2.45, 2.75) is 142 Å². The van der Waals surface area contributed by atoms with E-state index in [1.165, 1.54) is 5.56 Å². The average Bonchev–Trinajstić information content (AvgIpc) is 3.04. The Morgan fingerprint density at radius 2 is 0.841 bits per heavy atom. The highest BCUT2D eigenvalue weighted by Crippen LogP contribution is 2.28. The van der Waals surface area contributed by atoms with Gasteiger partial charge in [0.2, 0.25) is 0 Å².